The van der Waals surface area contributed by atoms with Gasteiger partial charge in [-0.15, -0.1) is 0 Å². The highest BCUT2D eigenvalue weighted by Gasteiger charge is 2.18. The molecule has 2 heterocycles. The summed E-state index contributed by atoms with van der Waals surface area (Å²) in [5.74, 6) is 0.792. The monoisotopic (exact) mass is 327 g/mol. The molecule has 7 heteroatoms. The van der Waals surface area contributed by atoms with E-state index in [4.69, 9.17) is 0 Å². The van der Waals surface area contributed by atoms with E-state index in [0.717, 1.165) is 5.82 Å². The average Bonchev–Trinajstić information content (AvgIpc) is 2.91. The number of urea groups is 1. The second kappa shape index (κ2) is 7.63. The summed E-state index contributed by atoms with van der Waals surface area (Å²) in [6.07, 6.45) is 3.98. The first-order valence-corrected chi connectivity index (χ1v) is 8.06. The predicted octanol–water partition coefficient (Wildman–Crippen LogP) is 0.963. The fraction of sp³-hybridized carbons (Fsp3) is 0.353. The highest BCUT2D eigenvalue weighted by Crippen LogP contribution is 2.06. The Morgan fingerprint density at radius 3 is 2.92 bits per heavy atom. The molecule has 0 spiro atoms. The van der Waals surface area contributed by atoms with Gasteiger partial charge < -0.3 is 20.1 Å². The largest absolute Gasteiger partial charge is 0.354 e. The molecule has 7 nitrogen and oxygen atoms in total. The average molecular weight is 327 g/mol. The molecule has 126 valence electrons. The van der Waals surface area contributed by atoms with Crippen molar-refractivity contribution in [3.8, 4) is 0 Å². The van der Waals surface area contributed by atoms with E-state index < -0.39 is 0 Å². The molecule has 1 aliphatic heterocycles. The van der Waals surface area contributed by atoms with E-state index in [2.05, 4.69) is 27.8 Å². The number of amides is 3. The maximum absolute atomic E-state index is 12.3. The second-order valence-corrected chi connectivity index (χ2v) is 5.70. The van der Waals surface area contributed by atoms with Crippen LogP contribution in [-0.4, -0.2) is 46.0 Å². The lowest BCUT2D eigenvalue weighted by Gasteiger charge is -2.20. The van der Waals surface area contributed by atoms with Gasteiger partial charge in [0.05, 0.1) is 6.54 Å². The molecule has 24 heavy (non-hydrogen) atoms. The number of rotatable bonds is 4. The molecule has 1 fully saturated rings. The molecule has 0 unspecified atom stereocenters. The van der Waals surface area contributed by atoms with Crippen molar-refractivity contribution in [3.05, 3.63) is 54.1 Å². The Morgan fingerprint density at radius 2 is 2.08 bits per heavy atom. The summed E-state index contributed by atoms with van der Waals surface area (Å²) in [5.41, 5.74) is 1.18. The van der Waals surface area contributed by atoms with E-state index in [1.165, 1.54) is 5.56 Å². The standard InChI is InChI=1S/C17H21N5O2/c23-16-6-9-21(10-8-19-16)17(24)20-12-15-18-7-11-22(15)13-14-4-2-1-3-5-14/h1-5,7,11H,6,8-10,12-13H2,(H,19,23)(H,20,24). The van der Waals surface area contributed by atoms with E-state index in [9.17, 15) is 9.59 Å². The van der Waals surface area contributed by atoms with E-state index in [-0.39, 0.29) is 11.9 Å². The van der Waals surface area contributed by atoms with Crippen molar-refractivity contribution < 1.29 is 9.59 Å². The zero-order valence-corrected chi connectivity index (χ0v) is 13.4. The lowest BCUT2D eigenvalue weighted by Crippen LogP contribution is -2.41. The van der Waals surface area contributed by atoms with Crippen LogP contribution < -0.4 is 10.6 Å². The molecule has 0 aliphatic carbocycles. The molecular formula is C17H21N5O2. The highest BCUT2D eigenvalue weighted by atomic mass is 16.2. The van der Waals surface area contributed by atoms with E-state index in [0.29, 0.717) is 39.1 Å². The van der Waals surface area contributed by atoms with Crippen molar-refractivity contribution in [1.29, 1.82) is 0 Å². The lowest BCUT2D eigenvalue weighted by molar-refractivity contribution is -0.120. The Morgan fingerprint density at radius 1 is 1.25 bits per heavy atom. The van der Waals surface area contributed by atoms with Crippen LogP contribution in [0, 0.1) is 0 Å². The number of carbonyl (C=O) groups is 2. The number of hydrogen-bond acceptors (Lipinski definition) is 3. The number of nitrogens with zero attached hydrogens (tertiary/aromatic N) is 3. The Labute approximate surface area is 140 Å². The summed E-state index contributed by atoms with van der Waals surface area (Å²) in [6, 6.07) is 9.94. The van der Waals surface area contributed by atoms with Crippen LogP contribution in [0.5, 0.6) is 0 Å². The van der Waals surface area contributed by atoms with Gasteiger partial charge in [0.25, 0.3) is 0 Å². The smallest absolute Gasteiger partial charge is 0.317 e. The Hall–Kier alpha value is -2.83. The summed E-state index contributed by atoms with van der Waals surface area (Å²) >= 11 is 0. The third-order valence-corrected chi connectivity index (χ3v) is 4.00. The molecule has 3 rings (SSSR count). The third kappa shape index (κ3) is 4.13. The summed E-state index contributed by atoms with van der Waals surface area (Å²) in [4.78, 5) is 29.6. The molecule has 1 aromatic carbocycles. The third-order valence-electron chi connectivity index (χ3n) is 4.00. The van der Waals surface area contributed by atoms with Crippen molar-refractivity contribution in [3.63, 3.8) is 0 Å². The predicted molar refractivity (Wildman–Crippen MR) is 89.2 cm³/mol. The minimum atomic E-state index is -0.166. The first kappa shape index (κ1) is 16.0. The van der Waals surface area contributed by atoms with Gasteiger partial charge in [-0.2, -0.15) is 0 Å². The first-order valence-electron chi connectivity index (χ1n) is 8.06. The number of hydrogen-bond donors (Lipinski definition) is 2. The van der Waals surface area contributed by atoms with Crippen LogP contribution in [0.1, 0.15) is 17.8 Å². The molecule has 0 saturated carbocycles. The van der Waals surface area contributed by atoms with Crippen molar-refractivity contribution >= 4 is 11.9 Å². The second-order valence-electron chi connectivity index (χ2n) is 5.70. The zero-order chi connectivity index (χ0) is 16.8. The molecule has 2 N–H and O–H groups in total. The highest BCUT2D eigenvalue weighted by molar-refractivity contribution is 5.79. The van der Waals surface area contributed by atoms with E-state index >= 15 is 0 Å². The minimum absolute atomic E-state index is 0.0105. The molecule has 2 aromatic rings. The van der Waals surface area contributed by atoms with Crippen molar-refractivity contribution in [1.82, 2.24) is 25.1 Å². The van der Waals surface area contributed by atoms with Crippen LogP contribution in [0.15, 0.2) is 42.7 Å². The Kier molecular flexibility index (Phi) is 5.10. The Balaban J connectivity index is 1.56. The summed E-state index contributed by atoms with van der Waals surface area (Å²) in [5, 5.41) is 5.65. The maximum atomic E-state index is 12.3. The van der Waals surface area contributed by atoms with Crippen molar-refractivity contribution in [2.24, 2.45) is 0 Å². The number of benzene rings is 1. The van der Waals surface area contributed by atoms with Crippen LogP contribution in [-0.2, 0) is 17.9 Å². The molecule has 1 saturated heterocycles. The van der Waals surface area contributed by atoms with Crippen LogP contribution in [0.4, 0.5) is 4.79 Å². The molecule has 0 bridgehead atoms. The molecular weight excluding hydrogens is 306 g/mol. The normalized spacial score (nSPS) is 14.8. The number of nitrogens with one attached hydrogen (secondary N) is 2. The van der Waals surface area contributed by atoms with Crippen LogP contribution in [0.2, 0.25) is 0 Å². The van der Waals surface area contributed by atoms with Crippen LogP contribution in [0.3, 0.4) is 0 Å². The number of imidazole rings is 1. The van der Waals surface area contributed by atoms with Gasteiger partial charge in [0, 0.05) is 45.0 Å². The van der Waals surface area contributed by atoms with Gasteiger partial charge >= 0.3 is 6.03 Å². The molecule has 0 radical (unpaired) electrons. The van der Waals surface area contributed by atoms with Crippen molar-refractivity contribution in [2.45, 2.75) is 19.5 Å². The SMILES string of the molecule is O=C1CCN(C(=O)NCc2nccn2Cc2ccccc2)CCN1. The lowest BCUT2D eigenvalue weighted by atomic mass is 10.2. The van der Waals surface area contributed by atoms with Crippen molar-refractivity contribution in [2.75, 3.05) is 19.6 Å². The van der Waals surface area contributed by atoms with Gasteiger partial charge in [-0.05, 0) is 5.56 Å². The van der Waals surface area contributed by atoms with Gasteiger partial charge in [-0.25, -0.2) is 9.78 Å². The topological polar surface area (TPSA) is 79.3 Å². The number of aromatic nitrogens is 2. The fourth-order valence-corrected chi connectivity index (χ4v) is 2.67. The maximum Gasteiger partial charge on any atom is 0.317 e. The zero-order valence-electron chi connectivity index (χ0n) is 13.4. The van der Waals surface area contributed by atoms with E-state index in [1.54, 1.807) is 11.1 Å². The summed E-state index contributed by atoms with van der Waals surface area (Å²) in [7, 11) is 0. The quantitative estimate of drug-likeness (QED) is 0.878. The van der Waals surface area contributed by atoms with Gasteiger partial charge in [-0.3, -0.25) is 4.79 Å². The van der Waals surface area contributed by atoms with E-state index in [1.807, 2.05) is 29.0 Å². The number of carbonyl (C=O) groups excluding carboxylic acids is 2. The van der Waals surface area contributed by atoms with Gasteiger partial charge in [0.15, 0.2) is 0 Å². The molecule has 1 aliphatic rings. The van der Waals surface area contributed by atoms with Crippen LogP contribution >= 0.6 is 0 Å². The summed E-state index contributed by atoms with van der Waals surface area (Å²) in [6.45, 7) is 2.53. The van der Waals surface area contributed by atoms with Crippen LogP contribution in [0.25, 0.3) is 0 Å². The fourth-order valence-electron chi connectivity index (χ4n) is 2.67. The summed E-state index contributed by atoms with van der Waals surface area (Å²) < 4.78 is 2.02. The Bertz CT molecular complexity index is 698. The molecule has 0 atom stereocenters. The minimum Gasteiger partial charge on any atom is -0.354 e. The molecule has 3 amide bonds. The van der Waals surface area contributed by atoms with Gasteiger partial charge in [0.1, 0.15) is 5.82 Å². The molecule has 1 aromatic heterocycles. The first-order chi connectivity index (χ1) is 11.7. The van der Waals surface area contributed by atoms with Gasteiger partial charge in [-0.1, -0.05) is 30.3 Å². The van der Waals surface area contributed by atoms with Gasteiger partial charge in [0.2, 0.25) is 5.91 Å².